The molecule has 242 valence electrons. The van der Waals surface area contributed by atoms with E-state index in [0.29, 0.717) is 5.69 Å². The number of ether oxygens (including phenoxy) is 6. The van der Waals surface area contributed by atoms with E-state index in [1.807, 2.05) is 39.0 Å². The second-order valence-corrected chi connectivity index (χ2v) is 12.3. The molecule has 44 heavy (non-hydrogen) atoms. The van der Waals surface area contributed by atoms with Gasteiger partial charge in [-0.15, -0.1) is 0 Å². The molecule has 4 aliphatic rings. The van der Waals surface area contributed by atoms with E-state index in [0.717, 1.165) is 5.57 Å². The number of rotatable bonds is 8. The quantitative estimate of drug-likeness (QED) is 0.170. The maximum Gasteiger partial charge on any atom is 0.508 e. The number of hydrogen-bond acceptors (Lipinski definition) is 11. The third-order valence-electron chi connectivity index (χ3n) is 9.73. The fraction of sp³-hybridized carbons (Fsp3) is 0.656. The average molecular weight is 618 g/mol. The van der Waals surface area contributed by atoms with Gasteiger partial charge in [0.1, 0.15) is 35.7 Å². The predicted molar refractivity (Wildman–Crippen MR) is 154 cm³/mol. The second kappa shape index (κ2) is 13.0. The Morgan fingerprint density at radius 3 is 2.70 bits per heavy atom. The second-order valence-electron chi connectivity index (χ2n) is 12.3. The summed E-state index contributed by atoms with van der Waals surface area (Å²) in [6.45, 7) is 7.14. The highest BCUT2D eigenvalue weighted by Gasteiger charge is 2.69. The number of aromatic amines is 1. The van der Waals surface area contributed by atoms with E-state index in [-0.39, 0.29) is 43.8 Å². The number of carbonyl (C=O) groups excluding carboxylic acids is 3. The smallest absolute Gasteiger partial charge is 0.456 e. The summed E-state index contributed by atoms with van der Waals surface area (Å²) in [4.78, 5) is 41.6. The Hall–Kier alpha value is -3.19. The molecular weight excluding hydrogens is 574 g/mol. The van der Waals surface area contributed by atoms with Crippen molar-refractivity contribution in [3.8, 4) is 0 Å². The molecule has 2 aliphatic carbocycles. The van der Waals surface area contributed by atoms with E-state index < -0.39 is 72.2 Å². The lowest BCUT2D eigenvalue weighted by molar-refractivity contribution is -0.173. The molecule has 1 spiro atoms. The van der Waals surface area contributed by atoms with Gasteiger partial charge in [0.05, 0.1) is 12.7 Å². The van der Waals surface area contributed by atoms with Crippen LogP contribution in [0, 0.1) is 29.6 Å². The summed E-state index contributed by atoms with van der Waals surface area (Å²) in [5.74, 6) is -2.98. The maximum atomic E-state index is 13.5. The van der Waals surface area contributed by atoms with Gasteiger partial charge >= 0.3 is 18.1 Å². The van der Waals surface area contributed by atoms with Gasteiger partial charge in [0.2, 0.25) is 0 Å². The van der Waals surface area contributed by atoms with E-state index in [1.165, 1.54) is 7.11 Å². The highest BCUT2D eigenvalue weighted by molar-refractivity contribution is 5.87. The molecule has 1 saturated heterocycles. The van der Waals surface area contributed by atoms with Crippen LogP contribution < -0.4 is 0 Å². The zero-order chi connectivity index (χ0) is 31.8. The number of hydrogen-bond donors (Lipinski definition) is 3. The number of aromatic nitrogens is 1. The molecule has 0 aromatic carbocycles. The van der Waals surface area contributed by atoms with Crippen molar-refractivity contribution >= 4 is 18.1 Å². The first-order chi connectivity index (χ1) is 21.0. The van der Waals surface area contributed by atoms with Crippen molar-refractivity contribution in [1.29, 1.82) is 0 Å². The molecule has 1 unspecified atom stereocenters. The Balaban J connectivity index is 1.49. The number of aliphatic hydroxyl groups excluding tert-OH is 2. The Kier molecular flexibility index (Phi) is 9.55. The van der Waals surface area contributed by atoms with E-state index in [4.69, 9.17) is 33.5 Å². The molecule has 12 heteroatoms. The summed E-state index contributed by atoms with van der Waals surface area (Å²) in [7, 11) is 1.43. The van der Waals surface area contributed by atoms with Crippen LogP contribution >= 0.6 is 0 Å². The van der Waals surface area contributed by atoms with Crippen LogP contribution in [0.4, 0.5) is 4.79 Å². The van der Waals surface area contributed by atoms with Crippen LogP contribution in [0.1, 0.15) is 51.0 Å². The lowest BCUT2D eigenvalue weighted by Crippen LogP contribution is -2.57. The first kappa shape index (κ1) is 32.2. The molecule has 5 rings (SSSR count). The minimum Gasteiger partial charge on any atom is -0.456 e. The van der Waals surface area contributed by atoms with Crippen molar-refractivity contribution in [1.82, 2.24) is 4.98 Å². The Morgan fingerprint density at radius 1 is 1.25 bits per heavy atom. The molecule has 1 aromatic rings. The Bertz CT molecular complexity index is 1260. The van der Waals surface area contributed by atoms with E-state index in [2.05, 4.69) is 4.98 Å². The van der Waals surface area contributed by atoms with Crippen LogP contribution in [0.3, 0.4) is 0 Å². The molecule has 4 bridgehead atoms. The summed E-state index contributed by atoms with van der Waals surface area (Å²) in [5, 5.41) is 20.8. The summed E-state index contributed by atoms with van der Waals surface area (Å²) < 4.78 is 35.0. The Morgan fingerprint density at radius 2 is 2.02 bits per heavy atom. The number of carbonyl (C=O) groups is 3. The Labute approximate surface area is 256 Å². The summed E-state index contributed by atoms with van der Waals surface area (Å²) in [5.41, 5.74) is 0.118. The third-order valence-corrected chi connectivity index (χ3v) is 9.73. The molecule has 3 heterocycles. The van der Waals surface area contributed by atoms with Gasteiger partial charge < -0.3 is 43.6 Å². The lowest BCUT2D eigenvalue weighted by Gasteiger charge is -2.48. The predicted octanol–water partition coefficient (Wildman–Crippen LogP) is 2.94. The first-order valence-electron chi connectivity index (χ1n) is 15.3. The first-order valence-corrected chi connectivity index (χ1v) is 15.3. The largest absolute Gasteiger partial charge is 0.508 e. The van der Waals surface area contributed by atoms with Crippen LogP contribution in [0.2, 0.25) is 0 Å². The molecule has 2 fully saturated rings. The number of esters is 2. The maximum absolute atomic E-state index is 13.5. The monoisotopic (exact) mass is 617 g/mol. The topological polar surface area (TPSA) is 163 Å². The fourth-order valence-corrected chi connectivity index (χ4v) is 7.60. The van der Waals surface area contributed by atoms with Gasteiger partial charge in [-0.1, -0.05) is 32.1 Å². The summed E-state index contributed by atoms with van der Waals surface area (Å²) in [6, 6.07) is 3.34. The van der Waals surface area contributed by atoms with Crippen molar-refractivity contribution in [2.45, 2.75) is 82.8 Å². The van der Waals surface area contributed by atoms with E-state index >= 15 is 0 Å². The third kappa shape index (κ3) is 5.68. The number of methoxy groups -OCH3 is 1. The lowest BCUT2D eigenvalue weighted by atomic mass is 9.57. The number of cyclic esters (lactones) is 1. The van der Waals surface area contributed by atoms with Crippen molar-refractivity contribution < 1.29 is 53.0 Å². The zero-order valence-corrected chi connectivity index (χ0v) is 25.7. The number of aliphatic hydroxyl groups is 2. The molecule has 2 aliphatic heterocycles. The van der Waals surface area contributed by atoms with Crippen molar-refractivity contribution in [2.75, 3.05) is 20.3 Å². The van der Waals surface area contributed by atoms with Crippen molar-refractivity contribution in [3.63, 3.8) is 0 Å². The van der Waals surface area contributed by atoms with Crippen molar-refractivity contribution in [2.24, 2.45) is 29.6 Å². The van der Waals surface area contributed by atoms with Gasteiger partial charge in [0.25, 0.3) is 0 Å². The summed E-state index contributed by atoms with van der Waals surface area (Å²) in [6.07, 6.45) is 2.30. The van der Waals surface area contributed by atoms with Gasteiger partial charge in [-0.25, -0.2) is 14.4 Å². The number of H-pyrrole nitrogens is 1. The highest BCUT2D eigenvalue weighted by atomic mass is 16.7. The normalized spacial score (nSPS) is 39.7. The van der Waals surface area contributed by atoms with E-state index in [9.17, 15) is 19.5 Å². The van der Waals surface area contributed by atoms with Gasteiger partial charge in [-0.3, -0.25) is 0 Å². The van der Waals surface area contributed by atoms with Gasteiger partial charge in [0.15, 0.2) is 6.10 Å². The standard InChI is InChI=1S/C32H43NO11/c1-16-14-17(2)32-20(15-23(39-5)30(37)42-26(16)19(4)41-31(38)40-13-7-12-34)9-10-21-24(32)25(35)18(3)27(28(21)44-32)43-29(36)22-8-6-11-33-22/h6,8-11,14,16,18-21,23-28,33-35H,7,12-13,15H2,1-5H3/b17-14-/t16-,18-,19-,20?,21-,23+,24+,25-,26+,27-,28+,32+/m1/s1. The minimum atomic E-state index is -1.02. The van der Waals surface area contributed by atoms with Gasteiger partial charge in [0, 0.05) is 55.9 Å². The molecule has 0 radical (unpaired) electrons. The minimum absolute atomic E-state index is 0.00658. The molecule has 12 atom stereocenters. The van der Waals surface area contributed by atoms with Crippen LogP contribution in [-0.4, -0.2) is 95.8 Å². The van der Waals surface area contributed by atoms with E-state index in [1.54, 1.807) is 25.3 Å². The average Bonchev–Trinajstić information content (AvgIpc) is 3.59. The van der Waals surface area contributed by atoms with Gasteiger partial charge in [-0.2, -0.15) is 0 Å². The zero-order valence-electron chi connectivity index (χ0n) is 25.7. The number of nitrogens with one attached hydrogen (secondary N) is 1. The highest BCUT2D eigenvalue weighted by Crippen LogP contribution is 2.61. The SMILES string of the molecule is CO[C@H]1CC2C=C[C@H]3[C@@H]4O[C@]2(/C(C)=C\[C@@H](C)[C@@H]([C@@H](C)OC(=O)OCCCO)OC1=O)[C@@H]3[C@H](O)[C@@H](C)[C@H]4OC(=O)c1ccc[nH]1. The van der Waals surface area contributed by atoms with Crippen molar-refractivity contribution in [3.05, 3.63) is 47.8 Å². The molecule has 1 saturated carbocycles. The molecule has 3 N–H and O–H groups in total. The fourth-order valence-electron chi connectivity index (χ4n) is 7.60. The van der Waals surface area contributed by atoms with Crippen LogP contribution in [0.25, 0.3) is 0 Å². The van der Waals surface area contributed by atoms with Crippen LogP contribution in [-0.2, 0) is 33.2 Å². The molecular formula is C32H43NO11. The van der Waals surface area contributed by atoms with Gasteiger partial charge in [-0.05, 0) is 38.0 Å². The molecule has 0 amide bonds. The van der Waals surface area contributed by atoms with Crippen LogP contribution in [0.5, 0.6) is 0 Å². The molecule has 12 nitrogen and oxygen atoms in total. The summed E-state index contributed by atoms with van der Waals surface area (Å²) >= 11 is 0. The molecule has 1 aromatic heterocycles. The van der Waals surface area contributed by atoms with Crippen LogP contribution in [0.15, 0.2) is 42.1 Å².